The van der Waals surface area contributed by atoms with E-state index in [1.807, 2.05) is 12.1 Å². The van der Waals surface area contributed by atoms with Gasteiger partial charge in [-0.1, -0.05) is 0 Å². The van der Waals surface area contributed by atoms with Gasteiger partial charge in [0.05, 0.1) is 6.10 Å². The fourth-order valence-corrected chi connectivity index (χ4v) is 2.03. The summed E-state index contributed by atoms with van der Waals surface area (Å²) >= 11 is 0. The van der Waals surface area contributed by atoms with Crippen molar-refractivity contribution in [3.63, 3.8) is 0 Å². The van der Waals surface area contributed by atoms with Crippen molar-refractivity contribution >= 4 is 11.5 Å². The van der Waals surface area contributed by atoms with E-state index in [0.717, 1.165) is 37.6 Å². The fourth-order valence-electron chi connectivity index (χ4n) is 2.03. The number of hydrogen-bond acceptors (Lipinski definition) is 4. The van der Waals surface area contributed by atoms with E-state index in [-0.39, 0.29) is 0 Å². The first kappa shape index (κ1) is 11.2. The topological polar surface area (TPSA) is 51.4 Å². The monoisotopic (exact) mass is 221 g/mol. The van der Waals surface area contributed by atoms with Crippen molar-refractivity contribution < 1.29 is 4.74 Å². The van der Waals surface area contributed by atoms with Crippen LogP contribution in [0.3, 0.4) is 0 Å². The predicted molar refractivity (Wildman–Crippen MR) is 65.5 cm³/mol. The summed E-state index contributed by atoms with van der Waals surface area (Å²) in [5, 5.41) is 0. The summed E-state index contributed by atoms with van der Waals surface area (Å²) in [6.45, 7) is 4.86. The molecule has 0 bridgehead atoms. The standard InChI is InChI=1S/C12H19N3O/c1-2-15(9-11-4-3-7-16-11)12-8-10(13)5-6-14-12/h5-6,8,11H,2-4,7,9H2,1H3,(H2,13,14). The lowest BCUT2D eigenvalue weighted by Gasteiger charge is -2.25. The molecular weight excluding hydrogens is 202 g/mol. The first-order valence-corrected chi connectivity index (χ1v) is 5.87. The van der Waals surface area contributed by atoms with E-state index < -0.39 is 0 Å². The molecule has 1 aliphatic rings. The van der Waals surface area contributed by atoms with Crippen LogP contribution in [0.4, 0.5) is 11.5 Å². The van der Waals surface area contributed by atoms with Gasteiger partial charge in [-0.2, -0.15) is 0 Å². The second-order valence-electron chi connectivity index (χ2n) is 4.12. The van der Waals surface area contributed by atoms with Gasteiger partial charge in [-0.3, -0.25) is 0 Å². The first-order valence-electron chi connectivity index (χ1n) is 5.87. The maximum absolute atomic E-state index is 5.76. The van der Waals surface area contributed by atoms with Crippen LogP contribution in [0.1, 0.15) is 19.8 Å². The zero-order valence-corrected chi connectivity index (χ0v) is 9.72. The van der Waals surface area contributed by atoms with E-state index in [0.29, 0.717) is 6.10 Å². The number of rotatable bonds is 4. The summed E-state index contributed by atoms with van der Waals surface area (Å²) in [7, 11) is 0. The Kier molecular flexibility index (Phi) is 3.62. The average molecular weight is 221 g/mol. The van der Waals surface area contributed by atoms with Crippen LogP contribution in [-0.2, 0) is 4.74 Å². The summed E-state index contributed by atoms with van der Waals surface area (Å²) in [6.07, 6.45) is 4.43. The molecule has 1 fully saturated rings. The Morgan fingerprint density at radius 2 is 2.50 bits per heavy atom. The van der Waals surface area contributed by atoms with Gasteiger partial charge in [-0.05, 0) is 25.8 Å². The molecule has 2 rings (SSSR count). The van der Waals surface area contributed by atoms with Crippen molar-refractivity contribution in [2.45, 2.75) is 25.9 Å². The summed E-state index contributed by atoms with van der Waals surface area (Å²) in [6, 6.07) is 3.72. The van der Waals surface area contributed by atoms with Crippen molar-refractivity contribution in [1.29, 1.82) is 0 Å². The molecule has 1 aromatic heterocycles. The lowest BCUT2D eigenvalue weighted by Crippen LogP contribution is -2.32. The SMILES string of the molecule is CCN(CC1CCCO1)c1cc(N)ccn1. The van der Waals surface area contributed by atoms with E-state index in [4.69, 9.17) is 10.5 Å². The number of hydrogen-bond donors (Lipinski definition) is 1. The number of pyridine rings is 1. The van der Waals surface area contributed by atoms with Crippen LogP contribution in [0, 0.1) is 0 Å². The number of nitrogens with zero attached hydrogens (tertiary/aromatic N) is 2. The molecule has 2 heterocycles. The van der Waals surface area contributed by atoms with E-state index in [2.05, 4.69) is 16.8 Å². The van der Waals surface area contributed by atoms with Gasteiger partial charge in [0.25, 0.3) is 0 Å². The highest BCUT2D eigenvalue weighted by Crippen LogP contribution is 2.18. The molecular formula is C12H19N3O. The molecule has 1 aromatic rings. The third-order valence-electron chi connectivity index (χ3n) is 2.92. The molecule has 0 saturated carbocycles. The minimum absolute atomic E-state index is 0.350. The third kappa shape index (κ3) is 2.64. The molecule has 0 radical (unpaired) electrons. The van der Waals surface area contributed by atoms with Gasteiger partial charge in [-0.25, -0.2) is 4.98 Å². The van der Waals surface area contributed by atoms with Crippen LogP contribution in [0.15, 0.2) is 18.3 Å². The number of anilines is 2. The van der Waals surface area contributed by atoms with Gasteiger partial charge in [0.1, 0.15) is 5.82 Å². The molecule has 1 atom stereocenters. The van der Waals surface area contributed by atoms with Gasteiger partial charge in [0, 0.05) is 37.6 Å². The number of nitrogen functional groups attached to an aromatic ring is 1. The van der Waals surface area contributed by atoms with Crippen molar-refractivity contribution in [2.75, 3.05) is 30.3 Å². The van der Waals surface area contributed by atoms with Gasteiger partial charge in [0.15, 0.2) is 0 Å². The Balaban J connectivity index is 2.03. The summed E-state index contributed by atoms with van der Waals surface area (Å²) in [4.78, 5) is 6.56. The van der Waals surface area contributed by atoms with Crippen LogP contribution in [0.5, 0.6) is 0 Å². The molecule has 1 unspecified atom stereocenters. The summed E-state index contributed by atoms with van der Waals surface area (Å²) in [5.74, 6) is 0.943. The van der Waals surface area contributed by atoms with Crippen LogP contribution in [-0.4, -0.2) is 30.8 Å². The molecule has 88 valence electrons. The second-order valence-corrected chi connectivity index (χ2v) is 4.12. The van der Waals surface area contributed by atoms with Crippen LogP contribution in [0.2, 0.25) is 0 Å². The Labute approximate surface area is 96.4 Å². The number of aromatic nitrogens is 1. The van der Waals surface area contributed by atoms with Crippen LogP contribution >= 0.6 is 0 Å². The highest BCUT2D eigenvalue weighted by atomic mass is 16.5. The van der Waals surface area contributed by atoms with Gasteiger partial charge < -0.3 is 15.4 Å². The van der Waals surface area contributed by atoms with E-state index in [1.165, 1.54) is 6.42 Å². The van der Waals surface area contributed by atoms with Crippen molar-refractivity contribution in [3.05, 3.63) is 18.3 Å². The van der Waals surface area contributed by atoms with Crippen LogP contribution in [0.25, 0.3) is 0 Å². The largest absolute Gasteiger partial charge is 0.399 e. The van der Waals surface area contributed by atoms with E-state index in [1.54, 1.807) is 6.20 Å². The van der Waals surface area contributed by atoms with Gasteiger partial charge in [-0.15, -0.1) is 0 Å². The highest BCUT2D eigenvalue weighted by Gasteiger charge is 2.19. The molecule has 4 nitrogen and oxygen atoms in total. The molecule has 16 heavy (non-hydrogen) atoms. The molecule has 4 heteroatoms. The Morgan fingerprint density at radius 3 is 3.12 bits per heavy atom. The van der Waals surface area contributed by atoms with E-state index in [9.17, 15) is 0 Å². The smallest absolute Gasteiger partial charge is 0.130 e. The highest BCUT2D eigenvalue weighted by molar-refractivity contribution is 5.50. The van der Waals surface area contributed by atoms with Crippen molar-refractivity contribution in [2.24, 2.45) is 0 Å². The number of ether oxygens (including phenoxy) is 1. The zero-order chi connectivity index (χ0) is 11.4. The van der Waals surface area contributed by atoms with Gasteiger partial charge >= 0.3 is 0 Å². The number of nitrogens with two attached hydrogens (primary N) is 1. The minimum Gasteiger partial charge on any atom is -0.399 e. The Bertz CT molecular complexity index is 337. The molecule has 1 aliphatic heterocycles. The summed E-state index contributed by atoms with van der Waals surface area (Å²) < 4.78 is 5.64. The molecule has 0 aliphatic carbocycles. The molecule has 1 saturated heterocycles. The Hall–Kier alpha value is -1.29. The molecule has 0 spiro atoms. The summed E-state index contributed by atoms with van der Waals surface area (Å²) in [5.41, 5.74) is 6.52. The van der Waals surface area contributed by atoms with E-state index >= 15 is 0 Å². The average Bonchev–Trinajstić information content (AvgIpc) is 2.78. The lowest BCUT2D eigenvalue weighted by molar-refractivity contribution is 0.115. The quantitative estimate of drug-likeness (QED) is 0.840. The fraction of sp³-hybridized carbons (Fsp3) is 0.583. The van der Waals surface area contributed by atoms with Crippen LogP contribution < -0.4 is 10.6 Å². The maximum Gasteiger partial charge on any atom is 0.130 e. The van der Waals surface area contributed by atoms with Gasteiger partial charge in [0.2, 0.25) is 0 Å². The lowest BCUT2D eigenvalue weighted by atomic mass is 10.2. The first-order chi connectivity index (χ1) is 7.79. The number of likely N-dealkylation sites (N-methyl/N-ethyl adjacent to an activating group) is 1. The Morgan fingerprint density at radius 1 is 1.62 bits per heavy atom. The van der Waals surface area contributed by atoms with Crippen molar-refractivity contribution in [3.8, 4) is 0 Å². The zero-order valence-electron chi connectivity index (χ0n) is 9.72. The predicted octanol–water partition coefficient (Wildman–Crippen LogP) is 1.67. The molecule has 0 aromatic carbocycles. The molecule has 2 N–H and O–H groups in total. The minimum atomic E-state index is 0.350. The second kappa shape index (κ2) is 5.16. The van der Waals surface area contributed by atoms with Crippen molar-refractivity contribution in [1.82, 2.24) is 4.98 Å². The maximum atomic E-state index is 5.76. The normalized spacial score (nSPS) is 19.9. The molecule has 0 amide bonds. The third-order valence-corrected chi connectivity index (χ3v) is 2.92.